The minimum Gasteiger partial charge on any atom is -0.437 e. The van der Waals surface area contributed by atoms with Gasteiger partial charge in [-0.1, -0.05) is 0 Å². The average Bonchev–Trinajstić information content (AvgIpc) is 2.28. The summed E-state index contributed by atoms with van der Waals surface area (Å²) in [5.41, 5.74) is -0.638. The number of ether oxygens (including phenoxy) is 1. The minimum atomic E-state index is -1.01. The quantitative estimate of drug-likeness (QED) is 0.628. The molecular formula is C9H4ClFN4O3. The zero-order chi connectivity index (χ0) is 13.1. The molecule has 2 aromatic rings. The van der Waals surface area contributed by atoms with Crippen molar-refractivity contribution in [3.05, 3.63) is 45.6 Å². The van der Waals surface area contributed by atoms with Crippen molar-refractivity contribution in [3.63, 3.8) is 0 Å². The third kappa shape index (κ3) is 2.66. The predicted molar refractivity (Wildman–Crippen MR) is 58.0 cm³/mol. The zero-order valence-corrected chi connectivity index (χ0v) is 9.33. The van der Waals surface area contributed by atoms with Crippen molar-refractivity contribution < 1.29 is 14.1 Å². The Bertz CT molecular complexity index is 610. The van der Waals surface area contributed by atoms with Crippen LogP contribution >= 0.6 is 11.6 Å². The molecule has 0 N–H and O–H groups in total. The SMILES string of the molecule is O=[N+]([O-])c1ccc(Oc2cnnc(Cl)n2)cc1F. The number of nitrogens with zero attached hydrogens (tertiary/aromatic N) is 4. The first-order valence-corrected chi connectivity index (χ1v) is 4.91. The van der Waals surface area contributed by atoms with Gasteiger partial charge in [-0.25, -0.2) is 0 Å². The molecule has 0 aliphatic rings. The highest BCUT2D eigenvalue weighted by Crippen LogP contribution is 2.25. The molecule has 2 rings (SSSR count). The molecule has 0 fully saturated rings. The molecule has 1 aromatic heterocycles. The van der Waals surface area contributed by atoms with E-state index in [0.717, 1.165) is 12.1 Å². The summed E-state index contributed by atoms with van der Waals surface area (Å²) in [4.78, 5) is 13.3. The Balaban J connectivity index is 2.25. The fourth-order valence-corrected chi connectivity index (χ4v) is 1.26. The Hall–Kier alpha value is -2.35. The topological polar surface area (TPSA) is 91.0 Å². The maximum absolute atomic E-state index is 13.3. The minimum absolute atomic E-state index is 0.00301. The van der Waals surface area contributed by atoms with Gasteiger partial charge >= 0.3 is 5.69 Å². The average molecular weight is 271 g/mol. The van der Waals surface area contributed by atoms with Crippen LogP contribution in [0.15, 0.2) is 24.4 Å². The highest BCUT2D eigenvalue weighted by Gasteiger charge is 2.14. The van der Waals surface area contributed by atoms with Crippen LogP contribution in [0, 0.1) is 15.9 Å². The van der Waals surface area contributed by atoms with Gasteiger partial charge in [0.15, 0.2) is 0 Å². The Kier molecular flexibility index (Phi) is 3.28. The van der Waals surface area contributed by atoms with E-state index in [1.807, 2.05) is 0 Å². The molecule has 92 valence electrons. The fraction of sp³-hybridized carbons (Fsp3) is 0. The second kappa shape index (κ2) is 4.88. The Labute approximate surface area is 104 Å². The van der Waals surface area contributed by atoms with Crippen LogP contribution in [-0.4, -0.2) is 20.1 Å². The molecule has 9 heteroatoms. The van der Waals surface area contributed by atoms with Crippen molar-refractivity contribution in [1.82, 2.24) is 15.2 Å². The van der Waals surface area contributed by atoms with E-state index in [4.69, 9.17) is 16.3 Å². The number of rotatable bonds is 3. The van der Waals surface area contributed by atoms with Gasteiger partial charge < -0.3 is 4.74 Å². The lowest BCUT2D eigenvalue weighted by Crippen LogP contribution is -1.95. The van der Waals surface area contributed by atoms with Crippen molar-refractivity contribution in [2.75, 3.05) is 0 Å². The van der Waals surface area contributed by atoms with Crippen LogP contribution < -0.4 is 4.74 Å². The van der Waals surface area contributed by atoms with Gasteiger partial charge in [-0.2, -0.15) is 14.5 Å². The van der Waals surface area contributed by atoms with Gasteiger partial charge in [-0.05, 0) is 17.7 Å². The van der Waals surface area contributed by atoms with Crippen LogP contribution in [0.4, 0.5) is 10.1 Å². The maximum Gasteiger partial charge on any atom is 0.305 e. The van der Waals surface area contributed by atoms with Crippen LogP contribution in [0.5, 0.6) is 11.6 Å². The third-order valence-electron chi connectivity index (χ3n) is 1.85. The molecule has 18 heavy (non-hydrogen) atoms. The number of benzene rings is 1. The molecule has 0 aliphatic carbocycles. The second-order valence-electron chi connectivity index (χ2n) is 3.04. The van der Waals surface area contributed by atoms with Crippen LogP contribution in [-0.2, 0) is 0 Å². The number of nitro benzene ring substituents is 1. The highest BCUT2D eigenvalue weighted by atomic mass is 35.5. The number of aromatic nitrogens is 3. The molecule has 0 amide bonds. The van der Waals surface area contributed by atoms with Crippen LogP contribution in [0.3, 0.4) is 0 Å². The number of nitro groups is 1. The molecule has 0 aliphatic heterocycles. The first-order valence-electron chi connectivity index (χ1n) is 4.53. The molecule has 7 nitrogen and oxygen atoms in total. The van der Waals surface area contributed by atoms with Crippen molar-refractivity contribution in [2.24, 2.45) is 0 Å². The molecule has 1 heterocycles. The smallest absolute Gasteiger partial charge is 0.305 e. The highest BCUT2D eigenvalue weighted by molar-refractivity contribution is 6.28. The summed E-state index contributed by atoms with van der Waals surface area (Å²) in [6.07, 6.45) is 1.17. The van der Waals surface area contributed by atoms with Crippen LogP contribution in [0.2, 0.25) is 5.28 Å². The molecule has 0 saturated carbocycles. The van der Waals surface area contributed by atoms with Crippen molar-refractivity contribution in [3.8, 4) is 11.6 Å². The number of halogens is 2. The summed E-state index contributed by atoms with van der Waals surface area (Å²) in [5.74, 6) is -0.969. The molecule has 0 atom stereocenters. The van der Waals surface area contributed by atoms with Crippen LogP contribution in [0.1, 0.15) is 0 Å². The van der Waals surface area contributed by atoms with E-state index in [-0.39, 0.29) is 16.9 Å². The molecule has 0 spiro atoms. The first kappa shape index (κ1) is 12.1. The Morgan fingerprint density at radius 2 is 2.22 bits per heavy atom. The zero-order valence-electron chi connectivity index (χ0n) is 8.58. The van der Waals surface area contributed by atoms with Gasteiger partial charge in [-0.15, -0.1) is 5.10 Å². The largest absolute Gasteiger partial charge is 0.437 e. The third-order valence-corrected chi connectivity index (χ3v) is 2.01. The second-order valence-corrected chi connectivity index (χ2v) is 3.37. The van der Waals surface area contributed by atoms with E-state index in [1.165, 1.54) is 12.3 Å². The van der Waals surface area contributed by atoms with Crippen molar-refractivity contribution in [1.29, 1.82) is 0 Å². The molecule has 1 aromatic carbocycles. The summed E-state index contributed by atoms with van der Waals surface area (Å²) < 4.78 is 18.4. The first-order chi connectivity index (χ1) is 8.56. The van der Waals surface area contributed by atoms with Gasteiger partial charge in [0.2, 0.25) is 17.0 Å². The molecular weight excluding hydrogens is 267 g/mol. The Morgan fingerprint density at radius 3 is 2.83 bits per heavy atom. The maximum atomic E-state index is 13.3. The molecule has 0 saturated heterocycles. The number of hydrogen-bond donors (Lipinski definition) is 0. The summed E-state index contributed by atoms with van der Waals surface area (Å²) in [6, 6.07) is 3.09. The van der Waals surface area contributed by atoms with Gasteiger partial charge in [0, 0.05) is 12.1 Å². The lowest BCUT2D eigenvalue weighted by molar-refractivity contribution is -0.387. The van der Waals surface area contributed by atoms with E-state index >= 15 is 0 Å². The van der Waals surface area contributed by atoms with E-state index < -0.39 is 16.4 Å². The van der Waals surface area contributed by atoms with E-state index in [2.05, 4.69) is 15.2 Å². The van der Waals surface area contributed by atoms with Crippen molar-refractivity contribution >= 4 is 17.3 Å². The lowest BCUT2D eigenvalue weighted by Gasteiger charge is -2.03. The summed E-state index contributed by atoms with van der Waals surface area (Å²) in [7, 11) is 0. The van der Waals surface area contributed by atoms with Crippen LogP contribution in [0.25, 0.3) is 0 Å². The van der Waals surface area contributed by atoms with Gasteiger partial charge in [0.05, 0.1) is 4.92 Å². The summed E-state index contributed by atoms with van der Waals surface area (Å²) in [6.45, 7) is 0. The molecule has 0 unspecified atom stereocenters. The predicted octanol–water partition coefficient (Wildman–Crippen LogP) is 2.36. The summed E-state index contributed by atoms with van der Waals surface area (Å²) >= 11 is 5.48. The van der Waals surface area contributed by atoms with E-state index in [1.54, 1.807) is 0 Å². The summed E-state index contributed by atoms with van der Waals surface area (Å²) in [5, 5.41) is 17.2. The van der Waals surface area contributed by atoms with Gasteiger partial charge in [0.1, 0.15) is 11.9 Å². The normalized spacial score (nSPS) is 10.1. The van der Waals surface area contributed by atoms with E-state index in [0.29, 0.717) is 0 Å². The standard InChI is InChI=1S/C9H4ClFN4O3/c10-9-13-8(4-12-14-9)18-5-1-2-7(15(16)17)6(11)3-5/h1-4H. The van der Waals surface area contributed by atoms with E-state index in [9.17, 15) is 14.5 Å². The van der Waals surface area contributed by atoms with Gasteiger partial charge in [-0.3, -0.25) is 10.1 Å². The van der Waals surface area contributed by atoms with Gasteiger partial charge in [0.25, 0.3) is 0 Å². The molecule has 0 bridgehead atoms. The number of hydrogen-bond acceptors (Lipinski definition) is 6. The fourth-order valence-electron chi connectivity index (χ4n) is 1.14. The lowest BCUT2D eigenvalue weighted by atomic mass is 10.3. The van der Waals surface area contributed by atoms with Crippen molar-refractivity contribution in [2.45, 2.75) is 0 Å². The monoisotopic (exact) mass is 270 g/mol. The Morgan fingerprint density at radius 1 is 1.44 bits per heavy atom. The molecule has 0 radical (unpaired) electrons.